The number of amides is 2. The van der Waals surface area contributed by atoms with E-state index in [1.54, 1.807) is 23.4 Å². The van der Waals surface area contributed by atoms with Crippen molar-refractivity contribution in [2.75, 3.05) is 13.1 Å². The van der Waals surface area contributed by atoms with Crippen molar-refractivity contribution >= 4 is 23.4 Å². The van der Waals surface area contributed by atoms with E-state index >= 15 is 0 Å². The summed E-state index contributed by atoms with van der Waals surface area (Å²) in [5, 5.41) is 3.42. The Balaban J connectivity index is 1.99. The van der Waals surface area contributed by atoms with Crippen LogP contribution in [0, 0.1) is 0 Å². The van der Waals surface area contributed by atoms with Gasteiger partial charge < -0.3 is 14.8 Å². The summed E-state index contributed by atoms with van der Waals surface area (Å²) in [5.41, 5.74) is 0.275. The molecule has 0 radical (unpaired) electrons. The average Bonchev–Trinajstić information content (AvgIpc) is 3.29. The zero-order valence-corrected chi connectivity index (χ0v) is 19.1. The SMILES string of the molecule is CCN(CC)C(=O)c1cn(C2CCCC2)cc(C(=O)NC(C)c2ccccc2Cl)c1=O. The molecule has 31 heavy (non-hydrogen) atoms. The Bertz CT molecular complexity index is 1010. The molecular weight excluding hydrogens is 414 g/mol. The standard InChI is InChI=1S/C24H30ClN3O3/c1-4-27(5-2)24(31)20-15-28(17-10-6-7-11-17)14-19(22(20)29)23(30)26-16(3)18-12-8-9-13-21(18)25/h8-9,12-17H,4-7,10-11H2,1-3H3,(H,26,30). The molecule has 1 aliphatic carbocycles. The van der Waals surface area contributed by atoms with Gasteiger partial charge in [-0.1, -0.05) is 42.6 Å². The molecule has 0 aliphatic heterocycles. The van der Waals surface area contributed by atoms with Crippen LogP contribution in [0.3, 0.4) is 0 Å². The predicted octanol–water partition coefficient (Wildman–Crippen LogP) is 4.59. The van der Waals surface area contributed by atoms with E-state index in [1.165, 1.54) is 0 Å². The number of carbonyl (C=O) groups excluding carboxylic acids is 2. The molecule has 1 aliphatic rings. The summed E-state index contributed by atoms with van der Waals surface area (Å²) >= 11 is 6.26. The lowest BCUT2D eigenvalue weighted by molar-refractivity contribution is 0.0770. The maximum Gasteiger partial charge on any atom is 0.259 e. The molecule has 1 N–H and O–H groups in total. The van der Waals surface area contributed by atoms with Crippen molar-refractivity contribution in [1.82, 2.24) is 14.8 Å². The minimum Gasteiger partial charge on any atom is -0.349 e. The summed E-state index contributed by atoms with van der Waals surface area (Å²) in [6, 6.07) is 7.07. The second-order valence-electron chi connectivity index (χ2n) is 7.99. The van der Waals surface area contributed by atoms with Crippen LogP contribution in [0.2, 0.25) is 5.02 Å². The van der Waals surface area contributed by atoms with Gasteiger partial charge in [0.05, 0.1) is 6.04 Å². The molecule has 7 heteroatoms. The van der Waals surface area contributed by atoms with E-state index in [0.717, 1.165) is 31.2 Å². The summed E-state index contributed by atoms with van der Waals surface area (Å²) < 4.78 is 1.89. The first-order valence-electron chi connectivity index (χ1n) is 11.0. The lowest BCUT2D eigenvalue weighted by atomic mass is 10.1. The van der Waals surface area contributed by atoms with Gasteiger partial charge in [-0.2, -0.15) is 0 Å². The van der Waals surface area contributed by atoms with Crippen LogP contribution in [0.25, 0.3) is 0 Å². The summed E-state index contributed by atoms with van der Waals surface area (Å²) in [4.78, 5) is 40.9. The molecule has 1 aromatic heterocycles. The Morgan fingerprint density at radius 3 is 2.35 bits per heavy atom. The molecule has 2 aromatic rings. The fraction of sp³-hybridized carbons (Fsp3) is 0.458. The number of nitrogens with one attached hydrogen (secondary N) is 1. The van der Waals surface area contributed by atoms with E-state index in [9.17, 15) is 14.4 Å². The van der Waals surface area contributed by atoms with Gasteiger partial charge in [-0.25, -0.2) is 0 Å². The minimum atomic E-state index is -0.532. The molecule has 166 valence electrons. The number of halogens is 1. The van der Waals surface area contributed by atoms with Gasteiger partial charge in [0.15, 0.2) is 0 Å². The second kappa shape index (κ2) is 10.1. The molecule has 2 amide bonds. The third kappa shape index (κ3) is 5.01. The van der Waals surface area contributed by atoms with Crippen LogP contribution in [0.4, 0.5) is 0 Å². The molecule has 1 saturated carbocycles. The Morgan fingerprint density at radius 1 is 1.13 bits per heavy atom. The van der Waals surface area contributed by atoms with Crippen molar-refractivity contribution in [2.45, 2.75) is 58.5 Å². The number of pyridine rings is 1. The van der Waals surface area contributed by atoms with Gasteiger partial charge in [0.25, 0.3) is 11.8 Å². The molecule has 6 nitrogen and oxygen atoms in total. The van der Waals surface area contributed by atoms with Crippen molar-refractivity contribution < 1.29 is 9.59 Å². The smallest absolute Gasteiger partial charge is 0.259 e. The number of rotatable bonds is 7. The molecule has 1 aromatic carbocycles. The van der Waals surface area contributed by atoms with Gasteiger partial charge in [-0.05, 0) is 45.2 Å². The number of benzene rings is 1. The highest BCUT2D eigenvalue weighted by atomic mass is 35.5. The molecule has 0 saturated heterocycles. The first kappa shape index (κ1) is 23.1. The predicted molar refractivity (Wildman–Crippen MR) is 123 cm³/mol. The van der Waals surface area contributed by atoms with Crippen molar-refractivity contribution in [3.63, 3.8) is 0 Å². The number of aromatic nitrogens is 1. The quantitative estimate of drug-likeness (QED) is 0.680. The summed E-state index contributed by atoms with van der Waals surface area (Å²) in [5.74, 6) is -0.839. The Labute approximate surface area is 188 Å². The topological polar surface area (TPSA) is 71.4 Å². The van der Waals surface area contributed by atoms with Crippen LogP contribution in [-0.4, -0.2) is 34.4 Å². The van der Waals surface area contributed by atoms with Crippen LogP contribution >= 0.6 is 11.6 Å². The zero-order valence-electron chi connectivity index (χ0n) is 18.4. The van der Waals surface area contributed by atoms with E-state index in [2.05, 4.69) is 5.32 Å². The fourth-order valence-corrected chi connectivity index (χ4v) is 4.48. The largest absolute Gasteiger partial charge is 0.349 e. The normalized spacial score (nSPS) is 15.0. The molecule has 0 bridgehead atoms. The van der Waals surface area contributed by atoms with E-state index in [-0.39, 0.29) is 29.1 Å². The molecule has 3 rings (SSSR count). The van der Waals surface area contributed by atoms with Gasteiger partial charge in [0, 0.05) is 36.5 Å². The van der Waals surface area contributed by atoms with Gasteiger partial charge in [-0.15, -0.1) is 0 Å². The Hall–Kier alpha value is -2.60. The summed E-state index contributed by atoms with van der Waals surface area (Å²) in [6.07, 6.45) is 7.37. The molecule has 1 fully saturated rings. The van der Waals surface area contributed by atoms with Gasteiger partial charge in [0.2, 0.25) is 5.43 Å². The fourth-order valence-electron chi connectivity index (χ4n) is 4.18. The monoisotopic (exact) mass is 443 g/mol. The van der Waals surface area contributed by atoms with Crippen LogP contribution in [0.5, 0.6) is 0 Å². The lowest BCUT2D eigenvalue weighted by Gasteiger charge is -2.22. The third-order valence-corrected chi connectivity index (χ3v) is 6.38. The van der Waals surface area contributed by atoms with Crippen LogP contribution in [-0.2, 0) is 0 Å². The molecule has 1 heterocycles. The minimum absolute atomic E-state index is 0.0104. The molecule has 1 unspecified atom stereocenters. The van der Waals surface area contributed by atoms with Crippen molar-refractivity contribution in [1.29, 1.82) is 0 Å². The number of hydrogen-bond donors (Lipinski definition) is 1. The highest BCUT2D eigenvalue weighted by Crippen LogP contribution is 2.29. The number of nitrogens with zero attached hydrogens (tertiary/aromatic N) is 2. The van der Waals surface area contributed by atoms with Crippen molar-refractivity contribution in [2.24, 2.45) is 0 Å². The lowest BCUT2D eigenvalue weighted by Crippen LogP contribution is -2.38. The van der Waals surface area contributed by atoms with Gasteiger partial charge in [0.1, 0.15) is 11.1 Å². The summed E-state index contributed by atoms with van der Waals surface area (Å²) in [7, 11) is 0. The molecular formula is C24H30ClN3O3. The number of carbonyl (C=O) groups is 2. The Kier molecular flexibility index (Phi) is 7.55. The first-order valence-corrected chi connectivity index (χ1v) is 11.4. The highest BCUT2D eigenvalue weighted by Gasteiger charge is 2.26. The maximum atomic E-state index is 13.2. The zero-order chi connectivity index (χ0) is 22.5. The maximum absolute atomic E-state index is 13.2. The van der Waals surface area contributed by atoms with E-state index in [4.69, 9.17) is 11.6 Å². The van der Waals surface area contributed by atoms with Gasteiger partial charge in [-0.3, -0.25) is 14.4 Å². The van der Waals surface area contributed by atoms with E-state index < -0.39 is 11.3 Å². The van der Waals surface area contributed by atoms with Crippen LogP contribution in [0.15, 0.2) is 41.5 Å². The van der Waals surface area contributed by atoms with Crippen molar-refractivity contribution in [3.05, 3.63) is 68.6 Å². The highest BCUT2D eigenvalue weighted by molar-refractivity contribution is 6.31. The van der Waals surface area contributed by atoms with Gasteiger partial charge >= 0.3 is 0 Å². The molecule has 0 spiro atoms. The van der Waals surface area contributed by atoms with Crippen LogP contribution < -0.4 is 10.7 Å². The molecule has 1 atom stereocenters. The average molecular weight is 444 g/mol. The summed E-state index contributed by atoms with van der Waals surface area (Å²) in [6.45, 7) is 6.56. The second-order valence-corrected chi connectivity index (χ2v) is 8.40. The number of hydrogen-bond acceptors (Lipinski definition) is 3. The van der Waals surface area contributed by atoms with Crippen LogP contribution in [0.1, 0.15) is 84.8 Å². The van der Waals surface area contributed by atoms with Crippen molar-refractivity contribution in [3.8, 4) is 0 Å². The first-order chi connectivity index (χ1) is 14.9. The van der Waals surface area contributed by atoms with E-state index in [1.807, 2.05) is 43.5 Å². The Morgan fingerprint density at radius 2 is 1.74 bits per heavy atom. The third-order valence-electron chi connectivity index (χ3n) is 6.04. The van der Waals surface area contributed by atoms with E-state index in [0.29, 0.717) is 18.1 Å².